The first-order valence-corrected chi connectivity index (χ1v) is 9.25. The van der Waals surface area contributed by atoms with Gasteiger partial charge in [-0.05, 0) is 56.1 Å². The molecule has 0 spiro atoms. The van der Waals surface area contributed by atoms with E-state index in [1.165, 1.54) is 19.8 Å². The van der Waals surface area contributed by atoms with E-state index in [1.54, 1.807) is 36.4 Å². The number of nitrogens with one attached hydrogen (secondary N) is 2. The number of hydrogen-bond acceptors (Lipinski definition) is 5. The zero-order chi connectivity index (χ0) is 18.8. The number of benzene rings is 1. The smallest absolute Gasteiger partial charge is 0.291 e. The molecule has 2 N–H and O–H groups in total. The van der Waals surface area contributed by atoms with Crippen molar-refractivity contribution in [2.24, 2.45) is 5.92 Å². The first kappa shape index (κ1) is 17.6. The topological polar surface area (TPSA) is 83.8 Å². The maximum Gasteiger partial charge on any atom is 0.291 e. The van der Waals surface area contributed by atoms with Crippen molar-refractivity contribution in [3.05, 3.63) is 42.0 Å². The maximum atomic E-state index is 12.5. The van der Waals surface area contributed by atoms with Crippen LogP contribution in [-0.4, -0.2) is 42.4 Å². The van der Waals surface area contributed by atoms with E-state index in [0.717, 1.165) is 19.6 Å². The van der Waals surface area contributed by atoms with Crippen LogP contribution in [0.25, 0.3) is 0 Å². The summed E-state index contributed by atoms with van der Waals surface area (Å²) >= 11 is 0. The lowest BCUT2D eigenvalue weighted by molar-refractivity contribution is -0.114. The molecule has 1 aromatic carbocycles. The summed E-state index contributed by atoms with van der Waals surface area (Å²) in [5.74, 6) is 1.48. The Labute approximate surface area is 157 Å². The summed E-state index contributed by atoms with van der Waals surface area (Å²) in [6, 6.07) is 10.4. The van der Waals surface area contributed by atoms with Crippen LogP contribution < -0.4 is 15.4 Å². The predicted octanol–water partition coefficient (Wildman–Crippen LogP) is 2.85. The Morgan fingerprint density at radius 2 is 1.85 bits per heavy atom. The number of amides is 2. The van der Waals surface area contributed by atoms with Gasteiger partial charge in [-0.2, -0.15) is 0 Å². The van der Waals surface area contributed by atoms with Crippen molar-refractivity contribution in [3.8, 4) is 11.7 Å². The molecule has 7 nitrogen and oxygen atoms in total. The van der Waals surface area contributed by atoms with Gasteiger partial charge in [-0.3, -0.25) is 14.9 Å². The molecule has 0 unspecified atom stereocenters. The average Bonchev–Trinajstić information content (AvgIpc) is 3.09. The Morgan fingerprint density at radius 3 is 2.48 bits per heavy atom. The fourth-order valence-corrected chi connectivity index (χ4v) is 3.79. The molecular weight excluding hydrogens is 346 g/mol. The molecule has 0 radical (unpaired) electrons. The van der Waals surface area contributed by atoms with E-state index in [2.05, 4.69) is 15.5 Å². The van der Waals surface area contributed by atoms with Gasteiger partial charge in [-0.1, -0.05) is 0 Å². The Bertz CT molecular complexity index is 822. The summed E-state index contributed by atoms with van der Waals surface area (Å²) in [6.07, 6.45) is 2.34. The fraction of sp³-hybridized carbons (Fsp3) is 0.400. The van der Waals surface area contributed by atoms with Gasteiger partial charge in [0.25, 0.3) is 11.9 Å². The SMILES string of the molecule is CC(=O)Nc1ccc(Oc2ccc(C(=O)N[C@H]3CN4CCC3CC4)cc2)o1. The Kier molecular flexibility index (Phi) is 4.85. The molecule has 2 bridgehead atoms. The molecule has 27 heavy (non-hydrogen) atoms. The van der Waals surface area contributed by atoms with Gasteiger partial charge < -0.3 is 19.4 Å². The van der Waals surface area contributed by atoms with Crippen LogP contribution in [0.4, 0.5) is 5.88 Å². The van der Waals surface area contributed by atoms with Crippen LogP contribution in [0.5, 0.6) is 11.7 Å². The molecular formula is C20H23N3O4. The highest BCUT2D eigenvalue weighted by Gasteiger charge is 2.34. The van der Waals surface area contributed by atoms with E-state index in [4.69, 9.17) is 9.15 Å². The van der Waals surface area contributed by atoms with Crippen molar-refractivity contribution < 1.29 is 18.7 Å². The van der Waals surface area contributed by atoms with Gasteiger partial charge in [-0.15, -0.1) is 0 Å². The number of ether oxygens (including phenoxy) is 1. The molecule has 2 aromatic rings. The minimum atomic E-state index is -0.214. The van der Waals surface area contributed by atoms with Crippen molar-refractivity contribution in [1.29, 1.82) is 0 Å². The Hall–Kier alpha value is -2.80. The van der Waals surface area contributed by atoms with E-state index >= 15 is 0 Å². The van der Waals surface area contributed by atoms with Crippen molar-refractivity contribution in [1.82, 2.24) is 10.2 Å². The Morgan fingerprint density at radius 1 is 1.11 bits per heavy atom. The standard InChI is InChI=1S/C20H23N3O4/c1-13(24)21-18-6-7-19(27-18)26-16-4-2-15(3-5-16)20(25)22-17-12-23-10-8-14(17)9-11-23/h2-7,14,17H,8-12H2,1H3,(H,21,24)(H,22,25)/t17-/m0/s1. The van der Waals surface area contributed by atoms with Gasteiger partial charge in [0.15, 0.2) is 0 Å². The minimum absolute atomic E-state index is 0.0498. The van der Waals surface area contributed by atoms with Gasteiger partial charge in [0, 0.05) is 37.2 Å². The first-order chi connectivity index (χ1) is 13.1. The lowest BCUT2D eigenvalue weighted by atomic mass is 9.84. The number of hydrogen-bond donors (Lipinski definition) is 2. The van der Waals surface area contributed by atoms with Gasteiger partial charge in [-0.25, -0.2) is 0 Å². The third-order valence-electron chi connectivity index (χ3n) is 5.19. The molecule has 1 aromatic heterocycles. The van der Waals surface area contributed by atoms with Gasteiger partial charge in [0.1, 0.15) is 5.75 Å². The molecule has 2 amide bonds. The van der Waals surface area contributed by atoms with Crippen molar-refractivity contribution in [2.75, 3.05) is 25.0 Å². The normalized spacial score (nSPS) is 23.7. The molecule has 3 fully saturated rings. The number of carbonyl (C=O) groups is 2. The van der Waals surface area contributed by atoms with Crippen LogP contribution in [0, 0.1) is 5.92 Å². The molecule has 3 aliphatic heterocycles. The largest absolute Gasteiger partial charge is 0.426 e. The molecule has 0 aliphatic carbocycles. The quantitative estimate of drug-likeness (QED) is 0.847. The highest BCUT2D eigenvalue weighted by Crippen LogP contribution is 2.28. The second kappa shape index (κ2) is 7.44. The summed E-state index contributed by atoms with van der Waals surface area (Å²) < 4.78 is 11.0. The highest BCUT2D eigenvalue weighted by molar-refractivity contribution is 5.94. The minimum Gasteiger partial charge on any atom is -0.426 e. The van der Waals surface area contributed by atoms with Crippen molar-refractivity contribution in [2.45, 2.75) is 25.8 Å². The number of rotatable bonds is 5. The molecule has 4 heterocycles. The number of fused-ring (bicyclic) bond motifs is 3. The van der Waals surface area contributed by atoms with Crippen LogP contribution in [0.15, 0.2) is 40.8 Å². The summed E-state index contributed by atoms with van der Waals surface area (Å²) in [5, 5.41) is 5.72. The van der Waals surface area contributed by atoms with E-state index in [1.807, 2.05) is 0 Å². The molecule has 142 valence electrons. The monoisotopic (exact) mass is 369 g/mol. The first-order valence-electron chi connectivity index (χ1n) is 9.25. The highest BCUT2D eigenvalue weighted by atomic mass is 16.6. The summed E-state index contributed by atoms with van der Waals surface area (Å²) in [6.45, 7) is 4.66. The van der Waals surface area contributed by atoms with Crippen molar-refractivity contribution in [3.63, 3.8) is 0 Å². The van der Waals surface area contributed by atoms with Crippen LogP contribution in [0.2, 0.25) is 0 Å². The van der Waals surface area contributed by atoms with Gasteiger partial charge in [0.2, 0.25) is 11.8 Å². The molecule has 0 saturated carbocycles. The van der Waals surface area contributed by atoms with Crippen LogP contribution >= 0.6 is 0 Å². The van der Waals surface area contributed by atoms with E-state index < -0.39 is 0 Å². The molecule has 7 heteroatoms. The van der Waals surface area contributed by atoms with Crippen molar-refractivity contribution >= 4 is 17.7 Å². The average molecular weight is 369 g/mol. The van der Waals surface area contributed by atoms with Gasteiger partial charge >= 0.3 is 0 Å². The number of furan rings is 1. The third-order valence-corrected chi connectivity index (χ3v) is 5.19. The zero-order valence-corrected chi connectivity index (χ0v) is 15.2. The lowest BCUT2D eigenvalue weighted by Crippen LogP contribution is -2.57. The second-order valence-electron chi connectivity index (χ2n) is 7.14. The summed E-state index contributed by atoms with van der Waals surface area (Å²) in [7, 11) is 0. The van der Waals surface area contributed by atoms with Crippen LogP contribution in [0.3, 0.4) is 0 Å². The zero-order valence-electron chi connectivity index (χ0n) is 15.2. The number of nitrogens with zero attached hydrogens (tertiary/aromatic N) is 1. The number of carbonyl (C=O) groups excluding carboxylic acids is 2. The predicted molar refractivity (Wildman–Crippen MR) is 99.9 cm³/mol. The summed E-state index contributed by atoms with van der Waals surface area (Å²) in [4.78, 5) is 26.0. The molecule has 5 rings (SSSR count). The fourth-order valence-electron chi connectivity index (χ4n) is 3.79. The molecule has 3 saturated heterocycles. The number of anilines is 1. The second-order valence-corrected chi connectivity index (χ2v) is 7.14. The van der Waals surface area contributed by atoms with E-state index in [9.17, 15) is 9.59 Å². The molecule has 3 aliphatic rings. The van der Waals surface area contributed by atoms with E-state index in [0.29, 0.717) is 23.1 Å². The van der Waals surface area contributed by atoms with Crippen LogP contribution in [0.1, 0.15) is 30.1 Å². The van der Waals surface area contributed by atoms with Gasteiger partial charge in [0.05, 0.1) is 0 Å². The molecule has 1 atom stereocenters. The Balaban J connectivity index is 1.35. The van der Waals surface area contributed by atoms with E-state index in [-0.39, 0.29) is 23.8 Å². The maximum absolute atomic E-state index is 12.5. The lowest BCUT2D eigenvalue weighted by Gasteiger charge is -2.44. The number of piperidine rings is 3. The third kappa shape index (κ3) is 4.14. The van der Waals surface area contributed by atoms with Crippen LogP contribution in [-0.2, 0) is 4.79 Å². The summed E-state index contributed by atoms with van der Waals surface area (Å²) in [5.41, 5.74) is 0.608.